The number of alkyl halides is 2. The highest BCUT2D eigenvalue weighted by Crippen LogP contribution is 2.38. The van der Waals surface area contributed by atoms with Gasteiger partial charge in [-0.15, -0.1) is 0 Å². The molecule has 2 rings (SSSR count). The molecule has 0 saturated heterocycles. The first-order valence-corrected chi connectivity index (χ1v) is 5.34. The number of pyridine rings is 1. The summed E-state index contributed by atoms with van der Waals surface area (Å²) in [5.41, 5.74) is 7.66. The molecular formula is C11H11ClF2N2. The van der Waals surface area contributed by atoms with Gasteiger partial charge in [-0.25, -0.2) is 13.8 Å². The van der Waals surface area contributed by atoms with Crippen LogP contribution in [0, 0.1) is 0 Å². The molecule has 1 aliphatic carbocycles. The van der Waals surface area contributed by atoms with E-state index in [4.69, 9.17) is 17.3 Å². The fraction of sp³-hybridized carbons (Fsp3) is 0.364. The highest BCUT2D eigenvalue weighted by molar-refractivity contribution is 6.32. The maximum absolute atomic E-state index is 13.0. The molecule has 0 bridgehead atoms. The van der Waals surface area contributed by atoms with Crippen LogP contribution in [0.1, 0.15) is 24.8 Å². The predicted octanol–water partition coefficient (Wildman–Crippen LogP) is 3.52. The van der Waals surface area contributed by atoms with Crippen molar-refractivity contribution < 1.29 is 8.78 Å². The van der Waals surface area contributed by atoms with Gasteiger partial charge in [-0.1, -0.05) is 17.7 Å². The normalized spacial score (nSPS) is 19.3. The van der Waals surface area contributed by atoms with Crippen molar-refractivity contribution in [3.05, 3.63) is 29.1 Å². The molecule has 0 aromatic carbocycles. The van der Waals surface area contributed by atoms with Crippen molar-refractivity contribution in [2.45, 2.75) is 25.2 Å². The molecule has 1 aromatic rings. The maximum Gasteiger partial charge on any atom is 0.251 e. The van der Waals surface area contributed by atoms with E-state index in [1.54, 1.807) is 6.07 Å². The third-order valence-corrected chi connectivity index (χ3v) is 3.00. The number of nitrogens with zero attached hydrogens (tertiary/aromatic N) is 1. The Kier molecular flexibility index (Phi) is 2.84. The molecule has 0 atom stereocenters. The molecule has 0 amide bonds. The summed E-state index contributed by atoms with van der Waals surface area (Å²) in [6, 6.07) is 1.70. The van der Waals surface area contributed by atoms with Crippen molar-refractivity contribution >= 4 is 22.9 Å². The number of hydrogen-bond donors (Lipinski definition) is 1. The lowest BCUT2D eigenvalue weighted by atomic mass is 9.91. The Bertz CT molecular complexity index is 444. The standard InChI is InChI=1S/C11H11ClF2N2/c12-10-9(15)8(3-6-16-10)7-1-4-11(13,14)5-2-7/h1,3,6H,2,4-5,15H2. The molecule has 0 spiro atoms. The van der Waals surface area contributed by atoms with Gasteiger partial charge in [0, 0.05) is 24.6 Å². The largest absolute Gasteiger partial charge is 0.396 e. The zero-order valence-corrected chi connectivity index (χ0v) is 9.27. The molecule has 2 N–H and O–H groups in total. The zero-order chi connectivity index (χ0) is 11.8. The second-order valence-electron chi connectivity index (χ2n) is 3.85. The second kappa shape index (κ2) is 4.01. The monoisotopic (exact) mass is 244 g/mol. The summed E-state index contributed by atoms with van der Waals surface area (Å²) in [5, 5.41) is 0.218. The van der Waals surface area contributed by atoms with Crippen LogP contribution < -0.4 is 5.73 Å². The third-order valence-electron chi connectivity index (χ3n) is 2.69. The topological polar surface area (TPSA) is 38.9 Å². The lowest BCUT2D eigenvalue weighted by molar-refractivity contribution is -0.00602. The van der Waals surface area contributed by atoms with E-state index in [-0.39, 0.29) is 18.0 Å². The van der Waals surface area contributed by atoms with Crippen LogP contribution in [0.25, 0.3) is 5.57 Å². The Balaban J connectivity index is 2.33. The summed E-state index contributed by atoms with van der Waals surface area (Å²) >= 11 is 5.78. The summed E-state index contributed by atoms with van der Waals surface area (Å²) in [7, 11) is 0. The maximum atomic E-state index is 13.0. The molecule has 1 heterocycles. The Morgan fingerprint density at radius 1 is 1.44 bits per heavy atom. The van der Waals surface area contributed by atoms with Gasteiger partial charge in [0.1, 0.15) is 0 Å². The van der Waals surface area contributed by atoms with Crippen LogP contribution >= 0.6 is 11.6 Å². The van der Waals surface area contributed by atoms with Gasteiger partial charge >= 0.3 is 0 Å². The Hall–Kier alpha value is -1.16. The first-order chi connectivity index (χ1) is 7.49. The van der Waals surface area contributed by atoms with Gasteiger partial charge < -0.3 is 5.73 Å². The molecule has 0 fully saturated rings. The van der Waals surface area contributed by atoms with Gasteiger partial charge in [-0.05, 0) is 18.1 Å². The number of halogens is 3. The minimum Gasteiger partial charge on any atom is -0.396 e. The molecule has 0 aliphatic heterocycles. The van der Waals surface area contributed by atoms with Crippen LogP contribution in [-0.4, -0.2) is 10.9 Å². The lowest BCUT2D eigenvalue weighted by Gasteiger charge is -2.22. The van der Waals surface area contributed by atoms with Crippen LogP contribution in [0.15, 0.2) is 18.3 Å². The lowest BCUT2D eigenvalue weighted by Crippen LogP contribution is -2.18. The first kappa shape index (κ1) is 11.3. The van der Waals surface area contributed by atoms with Gasteiger partial charge in [0.25, 0.3) is 5.92 Å². The molecule has 1 aromatic heterocycles. The minimum absolute atomic E-state index is 0.141. The molecule has 2 nitrogen and oxygen atoms in total. The molecule has 0 unspecified atom stereocenters. The Morgan fingerprint density at radius 3 is 2.81 bits per heavy atom. The van der Waals surface area contributed by atoms with E-state index in [9.17, 15) is 8.78 Å². The minimum atomic E-state index is -2.59. The van der Waals surface area contributed by atoms with Gasteiger partial charge in [0.2, 0.25) is 0 Å². The first-order valence-electron chi connectivity index (χ1n) is 4.97. The van der Waals surface area contributed by atoms with Crippen LogP contribution in [0.3, 0.4) is 0 Å². The van der Waals surface area contributed by atoms with E-state index in [0.717, 1.165) is 11.1 Å². The SMILES string of the molecule is Nc1c(C2=CCC(F)(F)CC2)ccnc1Cl. The average Bonchev–Trinajstić information content (AvgIpc) is 2.23. The van der Waals surface area contributed by atoms with E-state index in [1.807, 2.05) is 0 Å². The summed E-state index contributed by atoms with van der Waals surface area (Å²) in [6.07, 6.45) is 3.00. The van der Waals surface area contributed by atoms with E-state index in [1.165, 1.54) is 12.3 Å². The van der Waals surface area contributed by atoms with E-state index in [0.29, 0.717) is 12.1 Å². The van der Waals surface area contributed by atoms with Crippen molar-refractivity contribution in [1.29, 1.82) is 0 Å². The van der Waals surface area contributed by atoms with Gasteiger partial charge in [0.05, 0.1) is 5.69 Å². The fourth-order valence-electron chi connectivity index (χ4n) is 1.77. The van der Waals surface area contributed by atoms with Crippen molar-refractivity contribution in [2.75, 3.05) is 5.73 Å². The highest BCUT2D eigenvalue weighted by atomic mass is 35.5. The van der Waals surface area contributed by atoms with E-state index < -0.39 is 5.92 Å². The molecule has 5 heteroatoms. The Labute approximate surface area is 97.1 Å². The molecule has 16 heavy (non-hydrogen) atoms. The molecule has 86 valence electrons. The molecular weight excluding hydrogens is 234 g/mol. The fourth-order valence-corrected chi connectivity index (χ4v) is 1.92. The quantitative estimate of drug-likeness (QED) is 0.768. The zero-order valence-electron chi connectivity index (χ0n) is 8.51. The van der Waals surface area contributed by atoms with E-state index in [2.05, 4.69) is 4.98 Å². The number of allylic oxidation sites excluding steroid dienone is 2. The highest BCUT2D eigenvalue weighted by Gasteiger charge is 2.31. The van der Waals surface area contributed by atoms with Crippen molar-refractivity contribution in [3.63, 3.8) is 0 Å². The summed E-state index contributed by atoms with van der Waals surface area (Å²) < 4.78 is 25.9. The number of rotatable bonds is 1. The van der Waals surface area contributed by atoms with E-state index >= 15 is 0 Å². The van der Waals surface area contributed by atoms with Crippen molar-refractivity contribution in [1.82, 2.24) is 4.98 Å². The number of anilines is 1. The number of nitrogen functional groups attached to an aromatic ring is 1. The number of nitrogens with two attached hydrogens (primary N) is 1. The summed E-state index contributed by atoms with van der Waals surface area (Å²) in [4.78, 5) is 3.83. The molecule has 0 radical (unpaired) electrons. The van der Waals surface area contributed by atoms with Gasteiger partial charge in [-0.3, -0.25) is 0 Å². The van der Waals surface area contributed by atoms with Crippen LogP contribution in [0.5, 0.6) is 0 Å². The summed E-state index contributed by atoms with van der Waals surface area (Å²) in [6.45, 7) is 0. The third kappa shape index (κ3) is 2.16. The number of aromatic nitrogens is 1. The average molecular weight is 245 g/mol. The van der Waals surface area contributed by atoms with Crippen LogP contribution in [0.2, 0.25) is 5.15 Å². The predicted molar refractivity (Wildman–Crippen MR) is 60.4 cm³/mol. The molecule has 0 saturated carbocycles. The van der Waals surface area contributed by atoms with Gasteiger partial charge in [0.15, 0.2) is 5.15 Å². The second-order valence-corrected chi connectivity index (χ2v) is 4.21. The summed E-state index contributed by atoms with van der Waals surface area (Å²) in [5.74, 6) is -2.59. The van der Waals surface area contributed by atoms with Crippen LogP contribution in [0.4, 0.5) is 14.5 Å². The van der Waals surface area contributed by atoms with Crippen LogP contribution in [-0.2, 0) is 0 Å². The smallest absolute Gasteiger partial charge is 0.251 e. The van der Waals surface area contributed by atoms with Gasteiger partial charge in [-0.2, -0.15) is 0 Å². The Morgan fingerprint density at radius 2 is 2.19 bits per heavy atom. The number of hydrogen-bond acceptors (Lipinski definition) is 2. The van der Waals surface area contributed by atoms with Crippen molar-refractivity contribution in [3.8, 4) is 0 Å². The van der Waals surface area contributed by atoms with Crippen molar-refractivity contribution in [2.24, 2.45) is 0 Å². The molecule has 1 aliphatic rings.